The Morgan fingerprint density at radius 1 is 1.19 bits per heavy atom. The van der Waals surface area contributed by atoms with Crippen molar-refractivity contribution >= 4 is 15.9 Å². The summed E-state index contributed by atoms with van der Waals surface area (Å²) in [4.78, 5) is 15.4. The zero-order valence-electron chi connectivity index (χ0n) is 19.2. The van der Waals surface area contributed by atoms with Crippen molar-refractivity contribution in [1.82, 2.24) is 9.21 Å². The second-order valence-corrected chi connectivity index (χ2v) is 11.2. The molecule has 174 valence electrons. The van der Waals surface area contributed by atoms with E-state index in [0.29, 0.717) is 24.4 Å². The Labute approximate surface area is 190 Å². The molecule has 1 saturated heterocycles. The van der Waals surface area contributed by atoms with Gasteiger partial charge in [0, 0.05) is 24.7 Å². The molecule has 0 spiro atoms. The fourth-order valence-electron chi connectivity index (χ4n) is 4.78. The monoisotopic (exact) mass is 460 g/mol. The standard InChI is InChI=1S/C24H32N2O5S/c1-16-12-17(2)15-25(14-16)32(28,29)23-13-19(7-10-22(23)30-4)24(27)26(20-8-9-20)18(3)21-6-5-11-31-21/h5-7,10-11,13,16-18,20H,8-9,12,14-15H2,1-4H3. The molecular weight excluding hydrogens is 428 g/mol. The number of rotatable bonds is 7. The van der Waals surface area contributed by atoms with Gasteiger partial charge in [-0.25, -0.2) is 8.42 Å². The van der Waals surface area contributed by atoms with E-state index in [9.17, 15) is 13.2 Å². The van der Waals surface area contributed by atoms with Crippen molar-refractivity contribution in [1.29, 1.82) is 0 Å². The number of sulfonamides is 1. The van der Waals surface area contributed by atoms with E-state index in [1.165, 1.54) is 17.5 Å². The second kappa shape index (κ2) is 8.90. The van der Waals surface area contributed by atoms with Gasteiger partial charge in [0.2, 0.25) is 10.0 Å². The molecule has 1 aliphatic carbocycles. The third-order valence-electron chi connectivity index (χ3n) is 6.41. The molecule has 2 aliphatic rings. The zero-order valence-corrected chi connectivity index (χ0v) is 20.0. The summed E-state index contributed by atoms with van der Waals surface area (Å²) in [6.07, 6.45) is 4.46. The van der Waals surface area contributed by atoms with Gasteiger partial charge in [-0.2, -0.15) is 4.31 Å². The average molecular weight is 461 g/mol. The maximum atomic E-state index is 13.6. The SMILES string of the molecule is COc1ccc(C(=O)N(C2CC2)C(C)c2ccco2)cc1S(=O)(=O)N1CC(C)CC(C)C1. The van der Waals surface area contributed by atoms with E-state index < -0.39 is 10.0 Å². The van der Waals surface area contributed by atoms with E-state index in [-0.39, 0.29) is 40.5 Å². The molecule has 1 aromatic carbocycles. The number of ether oxygens (including phenoxy) is 1. The first-order valence-corrected chi connectivity index (χ1v) is 12.7. The molecule has 2 heterocycles. The van der Waals surface area contributed by atoms with Crippen LogP contribution in [0.25, 0.3) is 0 Å². The summed E-state index contributed by atoms with van der Waals surface area (Å²) < 4.78 is 39.6. The topological polar surface area (TPSA) is 80.1 Å². The lowest BCUT2D eigenvalue weighted by Crippen LogP contribution is -2.42. The summed E-state index contributed by atoms with van der Waals surface area (Å²) >= 11 is 0. The lowest BCUT2D eigenvalue weighted by molar-refractivity contribution is 0.0652. The van der Waals surface area contributed by atoms with Gasteiger partial charge in [-0.1, -0.05) is 13.8 Å². The van der Waals surface area contributed by atoms with Crippen LogP contribution in [0.4, 0.5) is 0 Å². The highest BCUT2D eigenvalue weighted by Crippen LogP contribution is 2.37. The van der Waals surface area contributed by atoms with E-state index in [4.69, 9.17) is 9.15 Å². The third-order valence-corrected chi connectivity index (χ3v) is 8.26. The summed E-state index contributed by atoms with van der Waals surface area (Å²) in [6.45, 7) is 7.01. The Bertz CT molecular complexity index is 1050. The van der Waals surface area contributed by atoms with Crippen molar-refractivity contribution in [2.75, 3.05) is 20.2 Å². The fraction of sp³-hybridized carbons (Fsp3) is 0.542. The smallest absolute Gasteiger partial charge is 0.254 e. The van der Waals surface area contributed by atoms with Gasteiger partial charge < -0.3 is 14.1 Å². The van der Waals surface area contributed by atoms with Crippen LogP contribution in [0.3, 0.4) is 0 Å². The van der Waals surface area contributed by atoms with Crippen molar-refractivity contribution < 1.29 is 22.4 Å². The lowest BCUT2D eigenvalue weighted by atomic mass is 9.94. The molecule has 1 saturated carbocycles. The zero-order chi connectivity index (χ0) is 23.0. The molecule has 7 nitrogen and oxygen atoms in total. The van der Waals surface area contributed by atoms with Gasteiger partial charge in [0.15, 0.2) is 0 Å². The maximum Gasteiger partial charge on any atom is 0.254 e. The number of furan rings is 1. The van der Waals surface area contributed by atoms with Crippen molar-refractivity contribution in [3.63, 3.8) is 0 Å². The Morgan fingerprint density at radius 2 is 1.88 bits per heavy atom. The Balaban J connectivity index is 1.69. The number of amides is 1. The molecule has 2 aromatic rings. The van der Waals surface area contributed by atoms with Crippen LogP contribution in [0.15, 0.2) is 45.9 Å². The number of piperidine rings is 1. The van der Waals surface area contributed by atoms with Crippen molar-refractivity contribution in [3.05, 3.63) is 47.9 Å². The molecule has 32 heavy (non-hydrogen) atoms. The predicted molar refractivity (Wildman–Crippen MR) is 121 cm³/mol. The summed E-state index contributed by atoms with van der Waals surface area (Å²) in [5.74, 6) is 1.33. The Kier molecular flexibility index (Phi) is 6.36. The quantitative estimate of drug-likeness (QED) is 0.615. The van der Waals surface area contributed by atoms with Crippen LogP contribution in [-0.2, 0) is 10.0 Å². The molecule has 0 N–H and O–H groups in total. The summed E-state index contributed by atoms with van der Waals surface area (Å²) in [6, 6.07) is 8.26. The lowest BCUT2D eigenvalue weighted by Gasteiger charge is -2.34. The average Bonchev–Trinajstić information content (AvgIpc) is 3.43. The van der Waals surface area contributed by atoms with Gasteiger partial charge in [0.25, 0.3) is 5.91 Å². The highest BCUT2D eigenvalue weighted by Gasteiger charge is 2.39. The van der Waals surface area contributed by atoms with Crippen molar-refractivity contribution in [2.45, 2.75) is 57.0 Å². The van der Waals surface area contributed by atoms with Gasteiger partial charge in [0.05, 0.1) is 19.4 Å². The highest BCUT2D eigenvalue weighted by molar-refractivity contribution is 7.89. The molecule has 1 amide bonds. The molecule has 4 rings (SSSR count). The summed E-state index contributed by atoms with van der Waals surface area (Å²) in [5.41, 5.74) is 0.341. The normalized spacial score (nSPS) is 23.0. The van der Waals surface area contributed by atoms with Crippen LogP contribution in [0.5, 0.6) is 5.75 Å². The van der Waals surface area contributed by atoms with E-state index in [0.717, 1.165) is 19.3 Å². The predicted octanol–water partition coefficient (Wildman–Crippen LogP) is 4.32. The van der Waals surface area contributed by atoms with Crippen molar-refractivity contribution in [2.24, 2.45) is 11.8 Å². The fourth-order valence-corrected chi connectivity index (χ4v) is 6.64. The number of methoxy groups -OCH3 is 1. The maximum absolute atomic E-state index is 13.6. The highest BCUT2D eigenvalue weighted by atomic mass is 32.2. The van der Waals surface area contributed by atoms with Crippen LogP contribution >= 0.6 is 0 Å². The van der Waals surface area contributed by atoms with Crippen LogP contribution in [0, 0.1) is 11.8 Å². The summed E-state index contributed by atoms with van der Waals surface area (Å²) in [7, 11) is -2.35. The largest absolute Gasteiger partial charge is 0.495 e. The minimum atomic E-state index is -3.80. The van der Waals surface area contributed by atoms with Crippen LogP contribution < -0.4 is 4.74 Å². The van der Waals surface area contributed by atoms with Gasteiger partial charge in [-0.3, -0.25) is 4.79 Å². The minimum absolute atomic E-state index is 0.0496. The molecule has 0 radical (unpaired) electrons. The minimum Gasteiger partial charge on any atom is -0.495 e. The van der Waals surface area contributed by atoms with E-state index >= 15 is 0 Å². The molecule has 8 heteroatoms. The number of nitrogens with zero attached hydrogens (tertiary/aromatic N) is 2. The van der Waals surface area contributed by atoms with Gasteiger partial charge >= 0.3 is 0 Å². The Hall–Kier alpha value is -2.32. The van der Waals surface area contributed by atoms with E-state index in [2.05, 4.69) is 13.8 Å². The molecule has 3 atom stereocenters. The van der Waals surface area contributed by atoms with Gasteiger partial charge in [-0.15, -0.1) is 0 Å². The third kappa shape index (κ3) is 4.43. The first kappa shape index (κ1) is 22.9. The molecular formula is C24H32N2O5S. The number of benzene rings is 1. The number of carbonyl (C=O) groups is 1. The van der Waals surface area contributed by atoms with Crippen LogP contribution in [0.2, 0.25) is 0 Å². The van der Waals surface area contributed by atoms with Crippen LogP contribution in [0.1, 0.15) is 62.2 Å². The number of hydrogen-bond donors (Lipinski definition) is 0. The van der Waals surface area contributed by atoms with Gasteiger partial charge in [-0.05, 0) is 68.4 Å². The molecule has 1 aromatic heterocycles. The molecule has 0 bridgehead atoms. The first-order chi connectivity index (χ1) is 15.2. The van der Waals surface area contributed by atoms with Crippen LogP contribution in [-0.4, -0.2) is 49.8 Å². The first-order valence-electron chi connectivity index (χ1n) is 11.3. The molecule has 3 unspecified atom stereocenters. The van der Waals surface area contributed by atoms with Crippen molar-refractivity contribution in [3.8, 4) is 5.75 Å². The molecule has 2 fully saturated rings. The van der Waals surface area contributed by atoms with Gasteiger partial charge in [0.1, 0.15) is 16.4 Å². The van der Waals surface area contributed by atoms with E-state index in [1.54, 1.807) is 24.5 Å². The number of carbonyl (C=O) groups excluding carboxylic acids is 1. The summed E-state index contributed by atoms with van der Waals surface area (Å²) in [5, 5.41) is 0. The molecule has 1 aliphatic heterocycles. The Morgan fingerprint density at radius 3 is 2.44 bits per heavy atom. The number of hydrogen-bond acceptors (Lipinski definition) is 5. The van der Waals surface area contributed by atoms with E-state index in [1.807, 2.05) is 17.9 Å². The second-order valence-electron chi connectivity index (χ2n) is 9.27.